The van der Waals surface area contributed by atoms with E-state index < -0.39 is 15.1 Å². The molecule has 5 nitrogen and oxygen atoms in total. The van der Waals surface area contributed by atoms with Crippen molar-refractivity contribution < 1.29 is 23.5 Å². The quantitative estimate of drug-likeness (QED) is 0.128. The SMILES string of the molecule is COc1ccc2ccccc2c1-c1c(C)c2c(c(C)c1P(=O)(c1ccccc1)c1ccccc1)COC2.COc1ccc2ccccc2c1-c1c(C)c2c(c(C)c1P(c1ccccc1)c1ccccc1)COC2. The summed E-state index contributed by atoms with van der Waals surface area (Å²) in [5.41, 5.74) is 14.3. The van der Waals surface area contributed by atoms with Gasteiger partial charge < -0.3 is 23.5 Å². The van der Waals surface area contributed by atoms with E-state index in [-0.39, 0.29) is 0 Å². The Labute approximate surface area is 430 Å². The molecule has 2 aliphatic heterocycles. The molecule has 0 saturated carbocycles. The number of hydrogen-bond acceptors (Lipinski definition) is 5. The number of hydrogen-bond donors (Lipinski definition) is 0. The maximum atomic E-state index is 15.8. The summed E-state index contributed by atoms with van der Waals surface area (Å²) in [6, 6.07) is 67.2. The second-order valence-electron chi connectivity index (χ2n) is 18.9. The van der Waals surface area contributed by atoms with Crippen molar-refractivity contribution in [2.45, 2.75) is 54.1 Å². The number of rotatable bonds is 10. The van der Waals surface area contributed by atoms with Gasteiger partial charge in [0.05, 0.1) is 40.6 Å². The van der Waals surface area contributed by atoms with Gasteiger partial charge in [-0.3, -0.25) is 0 Å². The number of ether oxygens (including phenoxy) is 4. The summed E-state index contributed by atoms with van der Waals surface area (Å²) < 4.78 is 39.9. The zero-order valence-electron chi connectivity index (χ0n) is 42.2. The summed E-state index contributed by atoms with van der Waals surface area (Å²) in [6.45, 7) is 11.3. The van der Waals surface area contributed by atoms with Gasteiger partial charge in [0, 0.05) is 32.6 Å². The van der Waals surface area contributed by atoms with Crippen LogP contribution in [0.2, 0.25) is 0 Å². The first kappa shape index (κ1) is 48.2. The van der Waals surface area contributed by atoms with Crippen LogP contribution < -0.4 is 41.3 Å². The molecule has 12 rings (SSSR count). The van der Waals surface area contributed by atoms with E-state index in [2.05, 4.69) is 149 Å². The van der Waals surface area contributed by atoms with E-state index in [0.717, 1.165) is 66.0 Å². The number of methoxy groups -OCH3 is 2. The first-order valence-corrected chi connectivity index (χ1v) is 28.0. The average molecular weight is 993 g/mol. The Hall–Kier alpha value is -7.10. The third-order valence-electron chi connectivity index (χ3n) is 15.0. The number of fused-ring (bicyclic) bond motifs is 4. The summed E-state index contributed by atoms with van der Waals surface area (Å²) in [7, 11) is -0.624. The van der Waals surface area contributed by atoms with Crippen LogP contribution in [0.4, 0.5) is 0 Å². The lowest BCUT2D eigenvalue weighted by Gasteiger charge is -2.29. The molecule has 0 atom stereocenters. The molecule has 7 heteroatoms. The van der Waals surface area contributed by atoms with Crippen molar-refractivity contribution in [1.29, 1.82) is 0 Å². The van der Waals surface area contributed by atoms with Crippen LogP contribution in [0.5, 0.6) is 11.5 Å². The fraction of sp³-hybridized carbons (Fsp3) is 0.152. The highest BCUT2D eigenvalue weighted by molar-refractivity contribution is 7.85. The van der Waals surface area contributed by atoms with Crippen LogP contribution in [-0.4, -0.2) is 14.2 Å². The van der Waals surface area contributed by atoms with Crippen LogP contribution >= 0.6 is 15.1 Å². The smallest absolute Gasteiger partial charge is 0.171 e. The van der Waals surface area contributed by atoms with Crippen molar-refractivity contribution in [3.63, 3.8) is 0 Å². The predicted octanol–water partition coefficient (Wildman–Crippen LogP) is 13.7. The minimum absolute atomic E-state index is 0.533. The lowest BCUT2D eigenvalue weighted by atomic mass is 9.88. The van der Waals surface area contributed by atoms with Gasteiger partial charge in [0.2, 0.25) is 0 Å². The fourth-order valence-corrected chi connectivity index (χ4v) is 17.3. The number of benzene rings is 10. The molecule has 10 aromatic rings. The molecule has 10 aromatic carbocycles. The van der Waals surface area contributed by atoms with Crippen molar-refractivity contribution >= 4 is 68.4 Å². The zero-order chi connectivity index (χ0) is 50.2. The molecule has 2 aliphatic rings. The molecule has 0 amide bonds. The molecule has 0 spiro atoms. The molecule has 0 aromatic heterocycles. The van der Waals surface area contributed by atoms with Crippen molar-refractivity contribution in [2.75, 3.05) is 14.2 Å². The Morgan fingerprint density at radius 3 is 1.22 bits per heavy atom. The Morgan fingerprint density at radius 2 is 0.767 bits per heavy atom. The Balaban J connectivity index is 0.000000157. The second kappa shape index (κ2) is 20.4. The Morgan fingerprint density at radius 1 is 0.397 bits per heavy atom. The topological polar surface area (TPSA) is 54.0 Å². The van der Waals surface area contributed by atoms with Gasteiger partial charge in [0.1, 0.15) is 11.5 Å². The van der Waals surface area contributed by atoms with Gasteiger partial charge in [-0.15, -0.1) is 0 Å². The van der Waals surface area contributed by atoms with Crippen molar-refractivity contribution in [3.05, 3.63) is 239 Å². The van der Waals surface area contributed by atoms with E-state index in [4.69, 9.17) is 18.9 Å². The zero-order valence-corrected chi connectivity index (χ0v) is 44.0. The van der Waals surface area contributed by atoms with Crippen LogP contribution in [0.3, 0.4) is 0 Å². The molecule has 0 aliphatic carbocycles. The molecule has 0 unspecified atom stereocenters. The molecule has 0 N–H and O–H groups in total. The summed E-state index contributed by atoms with van der Waals surface area (Å²) in [4.78, 5) is 0. The maximum absolute atomic E-state index is 15.8. The van der Waals surface area contributed by atoms with Gasteiger partial charge in [0.25, 0.3) is 0 Å². The van der Waals surface area contributed by atoms with Gasteiger partial charge >= 0.3 is 0 Å². The van der Waals surface area contributed by atoms with Crippen LogP contribution in [0.25, 0.3) is 43.8 Å². The molecule has 2 heterocycles. The van der Waals surface area contributed by atoms with Crippen LogP contribution in [0.15, 0.2) is 194 Å². The monoisotopic (exact) mass is 992 g/mol. The predicted molar refractivity (Wildman–Crippen MR) is 306 cm³/mol. The van der Waals surface area contributed by atoms with Gasteiger partial charge in [-0.25, -0.2) is 0 Å². The second-order valence-corrected chi connectivity index (χ2v) is 23.7. The molecule has 0 fully saturated rings. The van der Waals surface area contributed by atoms with Gasteiger partial charge in [-0.2, -0.15) is 0 Å². The van der Waals surface area contributed by atoms with E-state index in [1.807, 2.05) is 72.8 Å². The summed E-state index contributed by atoms with van der Waals surface area (Å²) in [6.07, 6.45) is 0. The summed E-state index contributed by atoms with van der Waals surface area (Å²) in [5.74, 6) is 1.68. The molecular formula is C66H58O5P2. The van der Waals surface area contributed by atoms with Crippen molar-refractivity contribution in [1.82, 2.24) is 0 Å². The molecule has 0 radical (unpaired) electrons. The molecule has 0 bridgehead atoms. The van der Waals surface area contributed by atoms with E-state index in [9.17, 15) is 0 Å². The van der Waals surface area contributed by atoms with E-state index >= 15 is 4.57 Å². The van der Waals surface area contributed by atoms with Crippen molar-refractivity contribution in [3.8, 4) is 33.8 Å². The third kappa shape index (κ3) is 8.39. The first-order chi connectivity index (χ1) is 35.7. The highest BCUT2D eigenvalue weighted by Crippen LogP contribution is 2.52. The lowest BCUT2D eigenvalue weighted by molar-refractivity contribution is 0.134. The van der Waals surface area contributed by atoms with Gasteiger partial charge in [-0.05, 0) is 135 Å². The van der Waals surface area contributed by atoms with Crippen LogP contribution in [0, 0.1) is 27.7 Å². The largest absolute Gasteiger partial charge is 0.496 e. The highest BCUT2D eigenvalue weighted by Gasteiger charge is 2.39. The van der Waals surface area contributed by atoms with Crippen LogP contribution in [-0.2, 0) is 40.5 Å². The standard InChI is InChI=1S/C33H29O3P.C33H29O2P/c1-22-28-20-36-21-29(28)23(2)33(31(22)32-27-17-11-10-12-24(27)18-19-30(32)35-3)37(34,25-13-6-4-7-14-25)26-15-8-5-9-16-26;1-22-28-20-35-21-29(28)23(2)33(36(25-13-6-4-7-14-25)26-15-8-5-9-16-26)31(22)32-27-17-11-10-12-24(27)18-19-30(32)34-3/h4-19H,20-21H2,1-3H3;4-19H,20-21H2,1-3H3. The summed E-state index contributed by atoms with van der Waals surface area (Å²) in [5, 5.41) is 11.3. The minimum Gasteiger partial charge on any atom is -0.496 e. The maximum Gasteiger partial charge on any atom is 0.171 e. The average Bonchev–Trinajstić information content (AvgIpc) is 4.17. The van der Waals surface area contributed by atoms with E-state index in [0.29, 0.717) is 26.4 Å². The van der Waals surface area contributed by atoms with Crippen molar-refractivity contribution in [2.24, 2.45) is 0 Å². The Bertz CT molecular complexity index is 3640. The minimum atomic E-state index is -3.30. The van der Waals surface area contributed by atoms with Crippen LogP contribution in [0.1, 0.15) is 44.5 Å². The lowest BCUT2D eigenvalue weighted by Crippen LogP contribution is -2.30. The molecule has 362 valence electrons. The van der Waals surface area contributed by atoms with E-state index in [1.54, 1.807) is 14.2 Å². The normalized spacial score (nSPS) is 12.9. The van der Waals surface area contributed by atoms with Gasteiger partial charge in [-0.1, -0.05) is 182 Å². The molecule has 0 saturated heterocycles. The van der Waals surface area contributed by atoms with E-state index in [1.165, 1.54) is 65.6 Å². The Kier molecular flexibility index (Phi) is 13.5. The third-order valence-corrected chi connectivity index (χ3v) is 20.9. The highest BCUT2D eigenvalue weighted by atomic mass is 31.2. The molecular weight excluding hydrogens is 935 g/mol. The molecule has 73 heavy (non-hydrogen) atoms. The fourth-order valence-electron chi connectivity index (χ4n) is 11.4. The first-order valence-electron chi connectivity index (χ1n) is 24.9. The summed E-state index contributed by atoms with van der Waals surface area (Å²) >= 11 is 0. The van der Waals surface area contributed by atoms with Gasteiger partial charge in [0.15, 0.2) is 7.14 Å².